The van der Waals surface area contributed by atoms with E-state index in [9.17, 15) is 4.79 Å². The molecule has 0 unspecified atom stereocenters. The summed E-state index contributed by atoms with van der Waals surface area (Å²) in [4.78, 5) is 12.2. The number of amides is 1. The summed E-state index contributed by atoms with van der Waals surface area (Å²) in [6.45, 7) is 2.76. The number of nitrogens with zero attached hydrogens (tertiary/aromatic N) is 3. The molecule has 0 bridgehead atoms. The van der Waals surface area contributed by atoms with Gasteiger partial charge in [-0.2, -0.15) is 0 Å². The normalized spacial score (nSPS) is 16.0. The van der Waals surface area contributed by atoms with Gasteiger partial charge < -0.3 is 9.73 Å². The van der Waals surface area contributed by atoms with Gasteiger partial charge in [-0.25, -0.2) is 0 Å². The van der Waals surface area contributed by atoms with Crippen molar-refractivity contribution in [1.82, 2.24) is 20.1 Å². The van der Waals surface area contributed by atoms with Gasteiger partial charge in [0.25, 0.3) is 0 Å². The van der Waals surface area contributed by atoms with Gasteiger partial charge in [0.1, 0.15) is 0 Å². The Labute approximate surface area is 146 Å². The highest BCUT2D eigenvalue weighted by Gasteiger charge is 2.18. The summed E-state index contributed by atoms with van der Waals surface area (Å²) in [6, 6.07) is 4.03. The summed E-state index contributed by atoms with van der Waals surface area (Å²) in [5.74, 6) is 1.85. The van der Waals surface area contributed by atoms with Crippen LogP contribution in [0, 0.1) is 0 Å². The van der Waals surface area contributed by atoms with E-state index in [1.54, 1.807) is 6.26 Å². The van der Waals surface area contributed by atoms with Crippen LogP contribution in [-0.4, -0.2) is 32.5 Å². The van der Waals surface area contributed by atoms with Gasteiger partial charge in [0.2, 0.25) is 5.91 Å². The molecule has 1 aliphatic rings. The first-order valence-electron chi connectivity index (χ1n) is 8.67. The van der Waals surface area contributed by atoms with Crippen LogP contribution in [-0.2, 0) is 11.3 Å². The highest BCUT2D eigenvalue weighted by atomic mass is 32.2. The Hall–Kier alpha value is -1.76. The Bertz CT molecular complexity index is 646. The molecule has 3 rings (SSSR count). The molecule has 0 spiro atoms. The predicted octanol–water partition coefficient (Wildman–Crippen LogP) is 3.49. The lowest BCUT2D eigenvalue weighted by Gasteiger charge is -2.15. The van der Waals surface area contributed by atoms with Crippen molar-refractivity contribution in [3.8, 4) is 11.6 Å². The Morgan fingerprint density at radius 2 is 2.12 bits per heavy atom. The molecule has 7 heteroatoms. The van der Waals surface area contributed by atoms with Gasteiger partial charge in [-0.1, -0.05) is 37.4 Å². The third kappa shape index (κ3) is 4.20. The van der Waals surface area contributed by atoms with Crippen molar-refractivity contribution in [3.63, 3.8) is 0 Å². The quantitative estimate of drug-likeness (QED) is 0.639. The van der Waals surface area contributed by atoms with E-state index < -0.39 is 0 Å². The van der Waals surface area contributed by atoms with Crippen molar-refractivity contribution in [1.29, 1.82) is 0 Å². The second kappa shape index (κ2) is 8.37. The van der Waals surface area contributed by atoms with Crippen molar-refractivity contribution in [2.24, 2.45) is 0 Å². The first-order valence-corrected chi connectivity index (χ1v) is 9.65. The number of carbonyl (C=O) groups is 1. The van der Waals surface area contributed by atoms with E-state index in [1.807, 2.05) is 23.6 Å². The van der Waals surface area contributed by atoms with Crippen molar-refractivity contribution >= 4 is 17.7 Å². The standard InChI is InChI=1S/C17H24N4O2S/c1-2-21-16(14-10-7-11-23-14)19-20-17(21)24-12-15(22)18-13-8-5-3-4-6-9-13/h7,10-11,13H,2-6,8-9,12H2,1H3,(H,18,22). The molecule has 1 amide bonds. The minimum absolute atomic E-state index is 0.0806. The lowest BCUT2D eigenvalue weighted by molar-refractivity contribution is -0.119. The minimum Gasteiger partial charge on any atom is -0.461 e. The van der Waals surface area contributed by atoms with Crippen LogP contribution in [0.5, 0.6) is 0 Å². The number of thioether (sulfide) groups is 1. The van der Waals surface area contributed by atoms with Crippen molar-refractivity contribution in [3.05, 3.63) is 18.4 Å². The zero-order valence-electron chi connectivity index (χ0n) is 14.0. The smallest absolute Gasteiger partial charge is 0.230 e. The first kappa shape index (κ1) is 17.1. The van der Waals surface area contributed by atoms with E-state index >= 15 is 0 Å². The Balaban J connectivity index is 1.57. The maximum absolute atomic E-state index is 12.2. The van der Waals surface area contributed by atoms with Gasteiger partial charge in [0.15, 0.2) is 16.7 Å². The summed E-state index contributed by atoms with van der Waals surface area (Å²) in [5, 5.41) is 12.3. The molecule has 6 nitrogen and oxygen atoms in total. The zero-order chi connectivity index (χ0) is 16.8. The maximum Gasteiger partial charge on any atom is 0.230 e. The molecule has 1 aliphatic carbocycles. The fourth-order valence-corrected chi connectivity index (χ4v) is 3.91. The third-order valence-electron chi connectivity index (χ3n) is 4.33. The highest BCUT2D eigenvalue weighted by Crippen LogP contribution is 2.24. The molecule has 24 heavy (non-hydrogen) atoms. The van der Waals surface area contributed by atoms with Gasteiger partial charge in [0.05, 0.1) is 12.0 Å². The van der Waals surface area contributed by atoms with Crippen LogP contribution in [0.3, 0.4) is 0 Å². The number of nitrogens with one attached hydrogen (secondary N) is 1. The van der Waals surface area contributed by atoms with Gasteiger partial charge in [0, 0.05) is 12.6 Å². The van der Waals surface area contributed by atoms with Crippen LogP contribution >= 0.6 is 11.8 Å². The van der Waals surface area contributed by atoms with Crippen molar-refractivity contribution in [2.75, 3.05) is 5.75 Å². The molecule has 0 radical (unpaired) electrons. The SMILES string of the molecule is CCn1c(SCC(=O)NC2CCCCCC2)nnc1-c1ccco1. The fourth-order valence-electron chi connectivity index (χ4n) is 3.09. The average molecular weight is 348 g/mol. The highest BCUT2D eigenvalue weighted by molar-refractivity contribution is 7.99. The van der Waals surface area contributed by atoms with E-state index in [0.29, 0.717) is 23.4 Å². The fraction of sp³-hybridized carbons (Fsp3) is 0.588. The number of aromatic nitrogens is 3. The molecular formula is C17H24N4O2S. The van der Waals surface area contributed by atoms with Crippen LogP contribution in [0.1, 0.15) is 45.4 Å². The number of rotatable bonds is 6. The maximum atomic E-state index is 12.2. The Morgan fingerprint density at radius 1 is 1.33 bits per heavy atom. The van der Waals surface area contributed by atoms with Crippen LogP contribution in [0.25, 0.3) is 11.6 Å². The summed E-state index contributed by atoms with van der Waals surface area (Å²) >= 11 is 1.43. The molecule has 1 N–H and O–H groups in total. The molecule has 2 heterocycles. The molecule has 0 saturated heterocycles. The Kier molecular flexibility index (Phi) is 5.96. The molecule has 0 aromatic carbocycles. The van der Waals surface area contributed by atoms with E-state index in [0.717, 1.165) is 24.5 Å². The topological polar surface area (TPSA) is 73.0 Å². The van der Waals surface area contributed by atoms with Crippen molar-refractivity contribution in [2.45, 2.75) is 63.2 Å². The van der Waals surface area contributed by atoms with Crippen LogP contribution in [0.2, 0.25) is 0 Å². The summed E-state index contributed by atoms with van der Waals surface area (Å²) in [6.07, 6.45) is 8.83. The minimum atomic E-state index is 0.0806. The molecular weight excluding hydrogens is 324 g/mol. The third-order valence-corrected chi connectivity index (χ3v) is 5.29. The van der Waals surface area contributed by atoms with E-state index in [1.165, 1.54) is 37.4 Å². The van der Waals surface area contributed by atoms with Crippen LogP contribution in [0.15, 0.2) is 28.0 Å². The molecule has 2 aromatic rings. The van der Waals surface area contributed by atoms with E-state index in [-0.39, 0.29) is 5.91 Å². The first-order chi connectivity index (χ1) is 11.8. The molecule has 1 saturated carbocycles. The van der Waals surface area contributed by atoms with Gasteiger partial charge in [-0.15, -0.1) is 10.2 Å². The van der Waals surface area contributed by atoms with Crippen LogP contribution < -0.4 is 5.32 Å². The number of furan rings is 1. The zero-order valence-corrected chi connectivity index (χ0v) is 14.8. The number of carbonyl (C=O) groups excluding carboxylic acids is 1. The molecule has 130 valence electrons. The van der Waals surface area contributed by atoms with Crippen LogP contribution in [0.4, 0.5) is 0 Å². The number of hydrogen-bond acceptors (Lipinski definition) is 5. The summed E-state index contributed by atoms with van der Waals surface area (Å²) in [5.41, 5.74) is 0. The second-order valence-corrected chi connectivity index (χ2v) is 7.01. The van der Waals surface area contributed by atoms with E-state index in [2.05, 4.69) is 15.5 Å². The molecule has 2 aromatic heterocycles. The predicted molar refractivity (Wildman–Crippen MR) is 93.8 cm³/mol. The summed E-state index contributed by atoms with van der Waals surface area (Å²) < 4.78 is 7.38. The lowest BCUT2D eigenvalue weighted by atomic mass is 10.1. The summed E-state index contributed by atoms with van der Waals surface area (Å²) in [7, 11) is 0. The van der Waals surface area contributed by atoms with Crippen molar-refractivity contribution < 1.29 is 9.21 Å². The second-order valence-electron chi connectivity index (χ2n) is 6.07. The number of hydrogen-bond donors (Lipinski definition) is 1. The Morgan fingerprint density at radius 3 is 2.79 bits per heavy atom. The molecule has 0 aliphatic heterocycles. The van der Waals surface area contributed by atoms with Gasteiger partial charge in [-0.3, -0.25) is 9.36 Å². The molecule has 1 fully saturated rings. The molecule has 0 atom stereocenters. The average Bonchev–Trinajstić information content (AvgIpc) is 3.18. The van der Waals surface area contributed by atoms with Gasteiger partial charge >= 0.3 is 0 Å². The monoisotopic (exact) mass is 348 g/mol. The lowest BCUT2D eigenvalue weighted by Crippen LogP contribution is -2.35. The van der Waals surface area contributed by atoms with Gasteiger partial charge in [-0.05, 0) is 31.9 Å². The largest absolute Gasteiger partial charge is 0.461 e. The van der Waals surface area contributed by atoms with E-state index in [4.69, 9.17) is 4.42 Å².